The molecule has 0 aliphatic heterocycles. The molecule has 0 saturated heterocycles. The van der Waals surface area contributed by atoms with Gasteiger partial charge in [0.05, 0.1) is 17.8 Å². The fraction of sp³-hybridized carbons (Fsp3) is 0.182. The molecule has 0 N–H and O–H groups in total. The van der Waals surface area contributed by atoms with E-state index in [0.717, 1.165) is 15.1 Å². The number of nitrogens with zero attached hydrogens (tertiary/aromatic N) is 4. The van der Waals surface area contributed by atoms with Crippen LogP contribution in [-0.2, 0) is 7.05 Å². The van der Waals surface area contributed by atoms with Gasteiger partial charge in [0.2, 0.25) is 11.2 Å². The van der Waals surface area contributed by atoms with Gasteiger partial charge in [0.15, 0.2) is 5.75 Å². The van der Waals surface area contributed by atoms with Crippen LogP contribution in [0.1, 0.15) is 4.88 Å². The highest BCUT2D eigenvalue weighted by Gasteiger charge is 2.12. The third-order valence-corrected chi connectivity index (χ3v) is 3.46. The molecule has 0 aliphatic carbocycles. The van der Waals surface area contributed by atoms with E-state index in [1.807, 2.05) is 20.0 Å². The fourth-order valence-corrected chi connectivity index (χ4v) is 2.71. The number of ether oxygens (including phenoxy) is 1. The average Bonchev–Trinajstić information content (AvgIpc) is 2.84. The summed E-state index contributed by atoms with van der Waals surface area (Å²) in [7, 11) is 1.82. The summed E-state index contributed by atoms with van der Waals surface area (Å²) < 4.78 is 7.36. The second kappa shape index (κ2) is 4.22. The van der Waals surface area contributed by atoms with E-state index in [9.17, 15) is 0 Å². The van der Waals surface area contributed by atoms with Gasteiger partial charge in [0.25, 0.3) is 0 Å². The van der Waals surface area contributed by atoms with Gasteiger partial charge in [0.1, 0.15) is 4.83 Å². The van der Waals surface area contributed by atoms with Crippen LogP contribution < -0.4 is 4.74 Å². The molecule has 0 radical (unpaired) electrons. The van der Waals surface area contributed by atoms with E-state index in [2.05, 4.69) is 15.1 Å². The van der Waals surface area contributed by atoms with Gasteiger partial charge in [-0.3, -0.25) is 4.68 Å². The van der Waals surface area contributed by atoms with Gasteiger partial charge in [-0.2, -0.15) is 10.1 Å². The summed E-state index contributed by atoms with van der Waals surface area (Å²) in [6, 6.07) is 1.99. The van der Waals surface area contributed by atoms with Crippen molar-refractivity contribution >= 4 is 33.2 Å². The van der Waals surface area contributed by atoms with Gasteiger partial charge in [-0.05, 0) is 24.6 Å². The summed E-state index contributed by atoms with van der Waals surface area (Å²) in [5, 5.41) is 5.09. The van der Waals surface area contributed by atoms with Crippen LogP contribution in [0, 0.1) is 6.92 Å². The first-order valence-electron chi connectivity index (χ1n) is 5.22. The highest BCUT2D eigenvalue weighted by molar-refractivity contribution is 7.18. The summed E-state index contributed by atoms with van der Waals surface area (Å²) in [6.45, 7) is 2.01. The Hall–Kier alpha value is -1.66. The van der Waals surface area contributed by atoms with Gasteiger partial charge in [-0.25, -0.2) is 4.98 Å². The molecule has 7 heteroatoms. The summed E-state index contributed by atoms with van der Waals surface area (Å²) in [4.78, 5) is 10.3. The Labute approximate surface area is 112 Å². The number of aryl methyl sites for hydroxylation is 2. The van der Waals surface area contributed by atoms with Gasteiger partial charge in [0, 0.05) is 11.9 Å². The Bertz CT molecular complexity index is 721. The molecule has 0 saturated carbocycles. The zero-order chi connectivity index (χ0) is 12.7. The van der Waals surface area contributed by atoms with Gasteiger partial charge in [-0.15, -0.1) is 11.3 Å². The Morgan fingerprint density at radius 3 is 2.94 bits per heavy atom. The summed E-state index contributed by atoms with van der Waals surface area (Å²) in [5.41, 5.74) is 0. The zero-order valence-electron chi connectivity index (χ0n) is 9.72. The summed E-state index contributed by atoms with van der Waals surface area (Å²) in [6.07, 6.45) is 3.39. The maximum absolute atomic E-state index is 5.89. The number of halogens is 1. The predicted octanol–water partition coefficient (Wildman–Crippen LogP) is 3.18. The van der Waals surface area contributed by atoms with Crippen molar-refractivity contribution in [3.63, 3.8) is 0 Å². The number of thiophene rings is 1. The largest absolute Gasteiger partial charge is 0.435 e. The molecule has 3 aromatic rings. The van der Waals surface area contributed by atoms with Crippen molar-refractivity contribution in [1.29, 1.82) is 0 Å². The monoisotopic (exact) mass is 280 g/mol. The quantitative estimate of drug-likeness (QED) is 0.677. The van der Waals surface area contributed by atoms with E-state index in [0.29, 0.717) is 11.6 Å². The smallest absolute Gasteiger partial charge is 0.232 e. The van der Waals surface area contributed by atoms with E-state index in [1.54, 1.807) is 28.4 Å². The molecule has 18 heavy (non-hydrogen) atoms. The minimum absolute atomic E-state index is 0.184. The number of aromatic nitrogens is 4. The maximum Gasteiger partial charge on any atom is 0.232 e. The van der Waals surface area contributed by atoms with Crippen LogP contribution in [0.25, 0.3) is 10.2 Å². The molecule has 0 aromatic carbocycles. The average molecular weight is 281 g/mol. The normalized spacial score (nSPS) is 11.1. The molecule has 5 nitrogen and oxygen atoms in total. The molecule has 3 aromatic heterocycles. The molecular formula is C11H9ClN4OS. The summed E-state index contributed by atoms with van der Waals surface area (Å²) >= 11 is 7.45. The lowest BCUT2D eigenvalue weighted by Crippen LogP contribution is -1.90. The van der Waals surface area contributed by atoms with Gasteiger partial charge < -0.3 is 4.74 Å². The van der Waals surface area contributed by atoms with Crippen LogP contribution in [0.4, 0.5) is 0 Å². The molecular weight excluding hydrogens is 272 g/mol. The molecule has 0 amide bonds. The minimum atomic E-state index is 0.184. The molecule has 0 unspecified atom stereocenters. The molecule has 0 bridgehead atoms. The predicted molar refractivity (Wildman–Crippen MR) is 70.4 cm³/mol. The number of hydrogen-bond donors (Lipinski definition) is 0. The third kappa shape index (κ3) is 2.04. The second-order valence-corrected chi connectivity index (χ2v) is 5.40. The molecule has 3 heterocycles. The topological polar surface area (TPSA) is 52.8 Å². The Morgan fingerprint density at radius 1 is 1.39 bits per heavy atom. The van der Waals surface area contributed by atoms with Crippen LogP contribution >= 0.6 is 22.9 Å². The van der Waals surface area contributed by atoms with E-state index in [-0.39, 0.29) is 5.28 Å². The first-order valence-corrected chi connectivity index (χ1v) is 6.41. The zero-order valence-corrected chi connectivity index (χ0v) is 11.3. The number of rotatable bonds is 2. The lowest BCUT2D eigenvalue weighted by molar-refractivity contribution is 0.468. The SMILES string of the molecule is Cc1cc2c(Oc3cnn(C)c3)nc(Cl)nc2s1. The minimum Gasteiger partial charge on any atom is -0.435 e. The highest BCUT2D eigenvalue weighted by atomic mass is 35.5. The Morgan fingerprint density at radius 2 is 2.22 bits per heavy atom. The Balaban J connectivity index is 2.10. The number of hydrogen-bond acceptors (Lipinski definition) is 5. The van der Waals surface area contributed by atoms with Crippen LogP contribution in [0.2, 0.25) is 5.28 Å². The van der Waals surface area contributed by atoms with Crippen LogP contribution in [-0.4, -0.2) is 19.7 Å². The van der Waals surface area contributed by atoms with Crippen molar-refractivity contribution in [2.75, 3.05) is 0 Å². The molecule has 0 fully saturated rings. The molecule has 3 rings (SSSR count). The number of fused-ring (bicyclic) bond motifs is 1. The van der Waals surface area contributed by atoms with Crippen LogP contribution in [0.5, 0.6) is 11.6 Å². The summed E-state index contributed by atoms with van der Waals surface area (Å²) in [5.74, 6) is 1.08. The van der Waals surface area contributed by atoms with Crippen LogP contribution in [0.3, 0.4) is 0 Å². The second-order valence-electron chi connectivity index (χ2n) is 3.83. The van der Waals surface area contributed by atoms with Crippen molar-refractivity contribution in [1.82, 2.24) is 19.7 Å². The maximum atomic E-state index is 5.89. The van der Waals surface area contributed by atoms with Crippen molar-refractivity contribution in [3.8, 4) is 11.6 Å². The van der Waals surface area contributed by atoms with Crippen molar-refractivity contribution in [2.45, 2.75) is 6.92 Å². The van der Waals surface area contributed by atoms with Crippen molar-refractivity contribution < 1.29 is 4.74 Å². The van der Waals surface area contributed by atoms with E-state index in [1.165, 1.54) is 0 Å². The third-order valence-electron chi connectivity index (χ3n) is 2.35. The van der Waals surface area contributed by atoms with Crippen molar-refractivity contribution in [2.24, 2.45) is 7.05 Å². The standard InChI is InChI=1S/C11H9ClN4OS/c1-6-3-8-9(14-11(12)15-10(8)18-6)17-7-4-13-16(2)5-7/h3-5H,1-2H3. The first kappa shape index (κ1) is 11.4. The van der Waals surface area contributed by atoms with Crippen LogP contribution in [0.15, 0.2) is 18.5 Å². The first-order chi connectivity index (χ1) is 8.61. The molecule has 0 atom stereocenters. The highest BCUT2D eigenvalue weighted by Crippen LogP contribution is 2.33. The van der Waals surface area contributed by atoms with E-state index in [4.69, 9.17) is 16.3 Å². The fourth-order valence-electron chi connectivity index (χ4n) is 1.63. The molecule has 0 aliphatic rings. The van der Waals surface area contributed by atoms with Gasteiger partial charge >= 0.3 is 0 Å². The molecule has 92 valence electrons. The van der Waals surface area contributed by atoms with Crippen molar-refractivity contribution in [3.05, 3.63) is 28.6 Å². The van der Waals surface area contributed by atoms with E-state index >= 15 is 0 Å². The van der Waals surface area contributed by atoms with Gasteiger partial charge in [-0.1, -0.05) is 0 Å². The van der Waals surface area contributed by atoms with E-state index < -0.39 is 0 Å². The lowest BCUT2D eigenvalue weighted by Gasteiger charge is -2.02. The Kier molecular flexibility index (Phi) is 2.68. The molecule has 0 spiro atoms. The lowest BCUT2D eigenvalue weighted by atomic mass is 10.3.